The van der Waals surface area contributed by atoms with Gasteiger partial charge >= 0.3 is 0 Å². The third-order valence-corrected chi connectivity index (χ3v) is 7.64. The zero-order valence-electron chi connectivity index (χ0n) is 15.3. The Hall–Kier alpha value is -1.16. The number of hydrogen-bond acceptors (Lipinski definition) is 5. The summed E-state index contributed by atoms with van der Waals surface area (Å²) in [6, 6.07) is 6.14. The number of benzene rings is 1. The first-order chi connectivity index (χ1) is 12.2. The van der Waals surface area contributed by atoms with Gasteiger partial charge in [0.25, 0.3) is 0 Å². The third-order valence-electron chi connectivity index (χ3n) is 4.29. The Morgan fingerprint density at radius 2 is 1.85 bits per heavy atom. The number of carbonyl (C=O) groups excluding carboxylic acids is 1. The van der Waals surface area contributed by atoms with E-state index in [-0.39, 0.29) is 16.6 Å². The summed E-state index contributed by atoms with van der Waals surface area (Å²) in [7, 11) is -0.506. The van der Waals surface area contributed by atoms with Crippen molar-refractivity contribution in [3.63, 3.8) is 0 Å². The number of piperidine rings is 1. The van der Waals surface area contributed by atoms with Gasteiger partial charge < -0.3 is 10.2 Å². The van der Waals surface area contributed by atoms with Crippen LogP contribution in [-0.2, 0) is 14.8 Å². The van der Waals surface area contributed by atoms with E-state index in [0.717, 1.165) is 40.5 Å². The number of likely N-dealkylation sites (tertiary alicyclic amines) is 1. The van der Waals surface area contributed by atoms with Crippen molar-refractivity contribution in [2.24, 2.45) is 5.92 Å². The van der Waals surface area contributed by atoms with E-state index in [2.05, 4.69) is 17.1 Å². The molecular weight excluding hydrogens is 390 g/mol. The molecule has 1 N–H and O–H groups in total. The van der Waals surface area contributed by atoms with Crippen LogP contribution in [0.15, 0.2) is 29.2 Å². The van der Waals surface area contributed by atoms with Crippen molar-refractivity contribution in [3.8, 4) is 0 Å². The number of nitrogens with one attached hydrogen (secondary N) is 1. The predicted octanol–water partition coefficient (Wildman–Crippen LogP) is 2.63. The minimum Gasteiger partial charge on any atom is -0.357 e. The zero-order chi connectivity index (χ0) is 19.3. The molecule has 0 unspecified atom stereocenters. The number of thiocarbonyl (C=S) groups is 1. The lowest BCUT2D eigenvalue weighted by atomic mass is 10.00. The second-order valence-electron chi connectivity index (χ2n) is 6.58. The standard InChI is InChI=1S/C17H25N3O3S3/c1-13-8-10-20(11-9-13)17(24)25-12-16(21)18-14-4-6-15(7-5-14)26(22,23)19(2)3/h4-7,13H,8-12H2,1-3H3,(H,18,21). The van der Waals surface area contributed by atoms with Gasteiger partial charge in [0.2, 0.25) is 15.9 Å². The van der Waals surface area contributed by atoms with E-state index in [4.69, 9.17) is 12.2 Å². The molecule has 1 saturated heterocycles. The number of sulfonamides is 1. The maximum absolute atomic E-state index is 12.1. The Kier molecular flexibility index (Phi) is 7.45. The lowest BCUT2D eigenvalue weighted by molar-refractivity contribution is -0.113. The highest BCUT2D eigenvalue weighted by Crippen LogP contribution is 2.21. The van der Waals surface area contributed by atoms with E-state index in [1.54, 1.807) is 12.1 Å². The largest absolute Gasteiger partial charge is 0.357 e. The predicted molar refractivity (Wildman–Crippen MR) is 111 cm³/mol. The van der Waals surface area contributed by atoms with Crippen molar-refractivity contribution in [2.75, 3.05) is 38.3 Å². The van der Waals surface area contributed by atoms with Gasteiger partial charge in [-0.15, -0.1) is 0 Å². The van der Waals surface area contributed by atoms with E-state index in [9.17, 15) is 13.2 Å². The number of rotatable bonds is 5. The second kappa shape index (κ2) is 9.16. The van der Waals surface area contributed by atoms with Crippen LogP contribution in [0.1, 0.15) is 19.8 Å². The van der Waals surface area contributed by atoms with E-state index in [0.29, 0.717) is 5.69 Å². The maximum atomic E-state index is 12.1. The van der Waals surface area contributed by atoms with Crippen LogP contribution in [0.5, 0.6) is 0 Å². The van der Waals surface area contributed by atoms with Crippen LogP contribution in [0.3, 0.4) is 0 Å². The highest BCUT2D eigenvalue weighted by atomic mass is 32.2. The van der Waals surface area contributed by atoms with Crippen LogP contribution in [0.2, 0.25) is 0 Å². The van der Waals surface area contributed by atoms with Crippen LogP contribution in [-0.4, -0.2) is 60.8 Å². The normalized spacial score (nSPS) is 15.9. The SMILES string of the molecule is CC1CCN(C(=S)SCC(=O)Nc2ccc(S(=O)(=O)N(C)C)cc2)CC1. The number of hydrogen-bond donors (Lipinski definition) is 1. The molecule has 1 aromatic carbocycles. The first-order valence-corrected chi connectivity index (χ1v) is 11.3. The summed E-state index contributed by atoms with van der Waals surface area (Å²) in [5.41, 5.74) is 0.561. The minimum atomic E-state index is -3.47. The summed E-state index contributed by atoms with van der Waals surface area (Å²) in [5, 5.41) is 2.77. The van der Waals surface area contributed by atoms with Gasteiger partial charge in [-0.3, -0.25) is 4.79 Å². The first-order valence-electron chi connectivity index (χ1n) is 8.44. The molecule has 0 aromatic heterocycles. The van der Waals surface area contributed by atoms with Crippen molar-refractivity contribution < 1.29 is 13.2 Å². The molecule has 0 saturated carbocycles. The van der Waals surface area contributed by atoms with Crippen LogP contribution in [0.4, 0.5) is 5.69 Å². The summed E-state index contributed by atoms with van der Waals surface area (Å²) >= 11 is 6.78. The topological polar surface area (TPSA) is 69.7 Å². The number of thioether (sulfide) groups is 1. The highest BCUT2D eigenvalue weighted by molar-refractivity contribution is 8.23. The minimum absolute atomic E-state index is 0.161. The van der Waals surface area contributed by atoms with Gasteiger partial charge in [-0.2, -0.15) is 0 Å². The van der Waals surface area contributed by atoms with Crippen LogP contribution in [0, 0.1) is 5.92 Å². The molecule has 0 spiro atoms. The van der Waals surface area contributed by atoms with Gasteiger partial charge in [0.15, 0.2) is 0 Å². The monoisotopic (exact) mass is 415 g/mol. The Morgan fingerprint density at radius 1 is 1.27 bits per heavy atom. The average molecular weight is 416 g/mol. The molecule has 2 rings (SSSR count). The van der Waals surface area contributed by atoms with Crippen molar-refractivity contribution >= 4 is 49.9 Å². The molecule has 0 atom stereocenters. The molecular formula is C17H25N3O3S3. The number of amides is 1. The van der Waals surface area contributed by atoms with Gasteiger partial charge in [0.1, 0.15) is 4.32 Å². The molecule has 1 aromatic rings. The molecule has 0 aliphatic carbocycles. The van der Waals surface area contributed by atoms with Gasteiger partial charge in [0.05, 0.1) is 10.6 Å². The highest BCUT2D eigenvalue weighted by Gasteiger charge is 2.19. The quantitative estimate of drug-likeness (QED) is 0.746. The fourth-order valence-corrected chi connectivity index (χ4v) is 4.48. The first kappa shape index (κ1) is 21.1. The van der Waals surface area contributed by atoms with Crippen molar-refractivity contribution in [1.82, 2.24) is 9.21 Å². The molecule has 1 fully saturated rings. The summed E-state index contributed by atoms with van der Waals surface area (Å²) in [6.07, 6.45) is 2.27. The summed E-state index contributed by atoms with van der Waals surface area (Å²) < 4.78 is 26.0. The van der Waals surface area contributed by atoms with Gasteiger partial charge in [-0.25, -0.2) is 12.7 Å². The van der Waals surface area contributed by atoms with Crippen LogP contribution in [0.25, 0.3) is 0 Å². The molecule has 6 nitrogen and oxygen atoms in total. The Labute approximate surface area is 165 Å². The van der Waals surface area contributed by atoms with Gasteiger partial charge in [-0.1, -0.05) is 30.9 Å². The fraction of sp³-hybridized carbons (Fsp3) is 0.529. The molecule has 0 bridgehead atoms. The molecule has 1 aliphatic rings. The van der Waals surface area contributed by atoms with Crippen molar-refractivity contribution in [1.29, 1.82) is 0 Å². The summed E-state index contributed by atoms with van der Waals surface area (Å²) in [4.78, 5) is 14.5. The molecule has 144 valence electrons. The van der Waals surface area contributed by atoms with E-state index in [1.807, 2.05) is 0 Å². The summed E-state index contributed by atoms with van der Waals surface area (Å²) in [5.74, 6) is 0.815. The van der Waals surface area contributed by atoms with Crippen LogP contribution >= 0.6 is 24.0 Å². The maximum Gasteiger partial charge on any atom is 0.242 e. The van der Waals surface area contributed by atoms with Gasteiger partial charge in [-0.05, 0) is 43.0 Å². The molecule has 0 radical (unpaired) electrons. The van der Waals surface area contributed by atoms with Gasteiger partial charge in [0, 0.05) is 32.9 Å². The Morgan fingerprint density at radius 3 is 2.38 bits per heavy atom. The van der Waals surface area contributed by atoms with Crippen molar-refractivity contribution in [2.45, 2.75) is 24.7 Å². The Bertz CT molecular complexity index is 740. The lowest BCUT2D eigenvalue weighted by Crippen LogP contribution is -2.36. The molecule has 1 aliphatic heterocycles. The Balaban J connectivity index is 1.83. The molecule has 1 heterocycles. The fourth-order valence-electron chi connectivity index (χ4n) is 2.53. The number of carbonyl (C=O) groups is 1. The molecule has 9 heteroatoms. The number of anilines is 1. The number of nitrogens with zero attached hydrogens (tertiary/aromatic N) is 2. The smallest absolute Gasteiger partial charge is 0.242 e. The van der Waals surface area contributed by atoms with Crippen LogP contribution < -0.4 is 5.32 Å². The van der Waals surface area contributed by atoms with E-state index in [1.165, 1.54) is 38.0 Å². The van der Waals surface area contributed by atoms with E-state index < -0.39 is 10.0 Å². The molecule has 1 amide bonds. The second-order valence-corrected chi connectivity index (χ2v) is 10.3. The lowest BCUT2D eigenvalue weighted by Gasteiger charge is -2.31. The molecule has 26 heavy (non-hydrogen) atoms. The third kappa shape index (κ3) is 5.67. The zero-order valence-corrected chi connectivity index (χ0v) is 17.7. The summed E-state index contributed by atoms with van der Waals surface area (Å²) in [6.45, 7) is 4.16. The van der Waals surface area contributed by atoms with Crippen molar-refractivity contribution in [3.05, 3.63) is 24.3 Å². The van der Waals surface area contributed by atoms with E-state index >= 15 is 0 Å². The average Bonchev–Trinajstić information content (AvgIpc) is 2.60.